The molecular formula is C12H20N2O4S. The molecule has 0 radical (unpaired) electrons. The van der Waals surface area contributed by atoms with Crippen LogP contribution in [0, 0.1) is 0 Å². The molecule has 0 saturated heterocycles. The Morgan fingerprint density at radius 3 is 2.74 bits per heavy atom. The van der Waals surface area contributed by atoms with Crippen LogP contribution in [0.2, 0.25) is 0 Å². The van der Waals surface area contributed by atoms with Crippen molar-refractivity contribution in [1.82, 2.24) is 9.62 Å². The number of sulfonamides is 1. The number of phenolic OH excluding ortho intramolecular Hbond substituents is 1. The maximum atomic E-state index is 11.9. The van der Waals surface area contributed by atoms with Crippen LogP contribution in [0.3, 0.4) is 0 Å². The summed E-state index contributed by atoms with van der Waals surface area (Å²) in [6, 6.07) is 5.58. The van der Waals surface area contributed by atoms with Gasteiger partial charge < -0.3 is 14.7 Å². The van der Waals surface area contributed by atoms with Crippen LogP contribution < -0.4 is 4.72 Å². The fourth-order valence-electron chi connectivity index (χ4n) is 1.46. The molecule has 19 heavy (non-hydrogen) atoms. The van der Waals surface area contributed by atoms with E-state index in [4.69, 9.17) is 4.74 Å². The molecule has 0 amide bonds. The number of hydrogen-bond acceptors (Lipinski definition) is 5. The quantitative estimate of drug-likeness (QED) is 0.717. The average Bonchev–Trinajstić information content (AvgIpc) is 2.36. The average molecular weight is 288 g/mol. The SMILES string of the molecule is COCCN(C)CCNS(=O)(=O)c1cccc(O)c1. The zero-order chi connectivity index (χ0) is 14.3. The van der Waals surface area contributed by atoms with Gasteiger partial charge in [0.25, 0.3) is 0 Å². The molecule has 0 spiro atoms. The van der Waals surface area contributed by atoms with Gasteiger partial charge in [-0.15, -0.1) is 0 Å². The highest BCUT2D eigenvalue weighted by Crippen LogP contribution is 2.15. The number of rotatable bonds is 8. The first-order chi connectivity index (χ1) is 8.95. The van der Waals surface area contributed by atoms with Crippen molar-refractivity contribution in [2.24, 2.45) is 0 Å². The van der Waals surface area contributed by atoms with E-state index in [1.807, 2.05) is 11.9 Å². The van der Waals surface area contributed by atoms with Gasteiger partial charge in [-0.1, -0.05) is 6.07 Å². The highest BCUT2D eigenvalue weighted by molar-refractivity contribution is 7.89. The molecule has 0 unspecified atom stereocenters. The Kier molecular flexibility index (Phi) is 6.23. The molecule has 0 aromatic heterocycles. The smallest absolute Gasteiger partial charge is 0.240 e. The van der Waals surface area contributed by atoms with E-state index < -0.39 is 10.0 Å². The van der Waals surface area contributed by atoms with Gasteiger partial charge in [0.05, 0.1) is 11.5 Å². The van der Waals surface area contributed by atoms with Crippen molar-refractivity contribution in [3.63, 3.8) is 0 Å². The third-order valence-corrected chi connectivity index (χ3v) is 4.05. The number of nitrogens with zero attached hydrogens (tertiary/aromatic N) is 1. The second-order valence-electron chi connectivity index (χ2n) is 4.19. The number of aromatic hydroxyl groups is 1. The molecule has 108 valence electrons. The first kappa shape index (κ1) is 15.9. The summed E-state index contributed by atoms with van der Waals surface area (Å²) in [6.45, 7) is 2.24. The van der Waals surface area contributed by atoms with E-state index in [0.29, 0.717) is 19.7 Å². The van der Waals surface area contributed by atoms with Crippen LogP contribution in [0.15, 0.2) is 29.2 Å². The van der Waals surface area contributed by atoms with Gasteiger partial charge >= 0.3 is 0 Å². The lowest BCUT2D eigenvalue weighted by Crippen LogP contribution is -2.34. The van der Waals surface area contributed by atoms with E-state index in [9.17, 15) is 13.5 Å². The number of ether oxygens (including phenoxy) is 1. The molecule has 0 aliphatic rings. The minimum absolute atomic E-state index is 0.0621. The van der Waals surface area contributed by atoms with Crippen LogP contribution in [0.1, 0.15) is 0 Å². The lowest BCUT2D eigenvalue weighted by Gasteiger charge is -2.16. The van der Waals surface area contributed by atoms with Crippen LogP contribution in [0.25, 0.3) is 0 Å². The van der Waals surface area contributed by atoms with Crippen LogP contribution in [-0.4, -0.2) is 58.8 Å². The summed E-state index contributed by atoms with van der Waals surface area (Å²) in [5, 5.41) is 9.27. The highest BCUT2D eigenvalue weighted by atomic mass is 32.2. The lowest BCUT2D eigenvalue weighted by atomic mass is 10.3. The number of hydrogen-bond donors (Lipinski definition) is 2. The molecule has 1 aromatic rings. The molecule has 1 rings (SSSR count). The molecule has 0 atom stereocenters. The van der Waals surface area contributed by atoms with Gasteiger partial charge in [-0.3, -0.25) is 0 Å². The molecule has 0 fully saturated rings. The Bertz CT molecular complexity index is 490. The summed E-state index contributed by atoms with van der Waals surface area (Å²) in [4.78, 5) is 2.03. The second kappa shape index (κ2) is 7.44. The van der Waals surface area contributed by atoms with Crippen molar-refractivity contribution in [2.45, 2.75) is 4.90 Å². The van der Waals surface area contributed by atoms with Gasteiger partial charge in [0.1, 0.15) is 5.75 Å². The Hall–Kier alpha value is -1.15. The normalized spacial score (nSPS) is 11.9. The first-order valence-electron chi connectivity index (χ1n) is 5.92. The maximum Gasteiger partial charge on any atom is 0.240 e. The number of benzene rings is 1. The van der Waals surface area contributed by atoms with E-state index in [0.717, 1.165) is 6.54 Å². The van der Waals surface area contributed by atoms with Crippen LogP contribution >= 0.6 is 0 Å². The maximum absolute atomic E-state index is 11.9. The third-order valence-electron chi connectivity index (χ3n) is 2.59. The largest absolute Gasteiger partial charge is 0.508 e. The van der Waals surface area contributed by atoms with Crippen molar-refractivity contribution >= 4 is 10.0 Å². The van der Waals surface area contributed by atoms with Gasteiger partial charge in [-0.2, -0.15) is 0 Å². The number of phenols is 1. The Labute approximate surface area is 114 Å². The summed E-state index contributed by atoms with van der Waals surface area (Å²) in [7, 11) is -0.0529. The molecule has 0 bridgehead atoms. The third kappa shape index (κ3) is 5.56. The molecular weight excluding hydrogens is 268 g/mol. The minimum Gasteiger partial charge on any atom is -0.508 e. The summed E-state index contributed by atoms with van der Waals surface area (Å²) in [6.07, 6.45) is 0. The minimum atomic E-state index is -3.57. The molecule has 0 heterocycles. The number of likely N-dealkylation sites (N-methyl/N-ethyl adjacent to an activating group) is 1. The Balaban J connectivity index is 2.48. The van der Waals surface area contributed by atoms with Gasteiger partial charge in [0, 0.05) is 26.7 Å². The molecule has 0 saturated carbocycles. The molecule has 2 N–H and O–H groups in total. The summed E-state index contributed by atoms with van der Waals surface area (Å²) < 4.78 is 31.3. The van der Waals surface area contributed by atoms with Gasteiger partial charge in [-0.25, -0.2) is 13.1 Å². The molecule has 0 aliphatic carbocycles. The highest BCUT2D eigenvalue weighted by Gasteiger charge is 2.13. The second-order valence-corrected chi connectivity index (χ2v) is 5.96. The van der Waals surface area contributed by atoms with E-state index in [1.54, 1.807) is 7.11 Å². The fourth-order valence-corrected chi connectivity index (χ4v) is 2.52. The lowest BCUT2D eigenvalue weighted by molar-refractivity contribution is 0.162. The van der Waals surface area contributed by atoms with E-state index in [-0.39, 0.29) is 10.6 Å². The predicted molar refractivity (Wildman–Crippen MR) is 72.7 cm³/mol. The standard InChI is InChI=1S/C12H20N2O4S/c1-14(8-9-18-2)7-6-13-19(16,17)12-5-3-4-11(15)10-12/h3-5,10,13,15H,6-9H2,1-2H3. The molecule has 1 aromatic carbocycles. The first-order valence-corrected chi connectivity index (χ1v) is 7.40. The summed E-state index contributed by atoms with van der Waals surface area (Å²) in [5.74, 6) is -0.0694. The van der Waals surface area contributed by atoms with E-state index in [1.165, 1.54) is 24.3 Å². The summed E-state index contributed by atoms with van der Waals surface area (Å²) in [5.41, 5.74) is 0. The van der Waals surface area contributed by atoms with Crippen LogP contribution in [0.5, 0.6) is 5.75 Å². The fraction of sp³-hybridized carbons (Fsp3) is 0.500. The van der Waals surface area contributed by atoms with Gasteiger partial charge in [0.15, 0.2) is 0 Å². The number of nitrogens with one attached hydrogen (secondary N) is 1. The Morgan fingerprint density at radius 1 is 1.37 bits per heavy atom. The summed E-state index contributed by atoms with van der Waals surface area (Å²) >= 11 is 0. The Morgan fingerprint density at radius 2 is 2.11 bits per heavy atom. The predicted octanol–water partition coefficient (Wildman–Crippen LogP) is 0.249. The monoisotopic (exact) mass is 288 g/mol. The molecule has 7 heteroatoms. The van der Waals surface area contributed by atoms with E-state index >= 15 is 0 Å². The van der Waals surface area contributed by atoms with Crippen molar-refractivity contribution in [2.75, 3.05) is 40.4 Å². The van der Waals surface area contributed by atoms with E-state index in [2.05, 4.69) is 4.72 Å². The van der Waals surface area contributed by atoms with Crippen molar-refractivity contribution in [3.05, 3.63) is 24.3 Å². The number of methoxy groups -OCH3 is 1. The topological polar surface area (TPSA) is 78.9 Å². The van der Waals surface area contributed by atoms with Crippen molar-refractivity contribution in [1.29, 1.82) is 0 Å². The zero-order valence-electron chi connectivity index (χ0n) is 11.2. The van der Waals surface area contributed by atoms with Gasteiger partial charge in [0.2, 0.25) is 10.0 Å². The van der Waals surface area contributed by atoms with Crippen LogP contribution in [-0.2, 0) is 14.8 Å². The molecule has 0 aliphatic heterocycles. The molecule has 6 nitrogen and oxygen atoms in total. The van der Waals surface area contributed by atoms with Crippen molar-refractivity contribution < 1.29 is 18.3 Å². The zero-order valence-corrected chi connectivity index (χ0v) is 12.0. The van der Waals surface area contributed by atoms with Crippen LogP contribution in [0.4, 0.5) is 0 Å². The van der Waals surface area contributed by atoms with Crippen molar-refractivity contribution in [3.8, 4) is 5.75 Å². The van der Waals surface area contributed by atoms with Gasteiger partial charge in [-0.05, 0) is 25.2 Å².